The molecule has 0 spiro atoms. The third-order valence-electron chi connectivity index (χ3n) is 2.99. The minimum atomic E-state index is -0.0828. The lowest BCUT2D eigenvalue weighted by Crippen LogP contribution is -2.35. The van der Waals surface area contributed by atoms with Gasteiger partial charge in [0.2, 0.25) is 0 Å². The smallest absolute Gasteiger partial charge is 0.258 e. The standard InChI is InChI=1S/C16H18N2O2/c1-20-15-10-6-5-9-14(15)18(12-11-17)16(19)13-7-3-2-4-8-13/h2-10H,11-12,17H2,1H3. The SMILES string of the molecule is COc1ccccc1N(CCN)C(=O)c1ccccc1. The van der Waals surface area contributed by atoms with Gasteiger partial charge in [0.05, 0.1) is 12.8 Å². The van der Waals surface area contributed by atoms with Gasteiger partial charge in [0.1, 0.15) is 5.75 Å². The lowest BCUT2D eigenvalue weighted by molar-refractivity contribution is 0.0987. The highest BCUT2D eigenvalue weighted by Gasteiger charge is 2.19. The van der Waals surface area contributed by atoms with Gasteiger partial charge in [-0.15, -0.1) is 0 Å². The molecule has 20 heavy (non-hydrogen) atoms. The van der Waals surface area contributed by atoms with E-state index in [1.54, 1.807) is 24.1 Å². The summed E-state index contributed by atoms with van der Waals surface area (Å²) in [6.45, 7) is 0.824. The normalized spacial score (nSPS) is 10.1. The fourth-order valence-corrected chi connectivity index (χ4v) is 2.05. The van der Waals surface area contributed by atoms with Crippen LogP contribution in [0.4, 0.5) is 5.69 Å². The van der Waals surface area contributed by atoms with E-state index in [9.17, 15) is 4.79 Å². The second-order valence-electron chi connectivity index (χ2n) is 4.28. The molecule has 0 saturated carbocycles. The second kappa shape index (κ2) is 6.73. The van der Waals surface area contributed by atoms with Crippen molar-refractivity contribution in [1.29, 1.82) is 0 Å². The maximum absolute atomic E-state index is 12.6. The summed E-state index contributed by atoms with van der Waals surface area (Å²) in [5.41, 5.74) is 7.00. The summed E-state index contributed by atoms with van der Waals surface area (Å²) in [6.07, 6.45) is 0. The van der Waals surface area contributed by atoms with E-state index >= 15 is 0 Å². The van der Waals surface area contributed by atoms with Crippen LogP contribution in [-0.4, -0.2) is 26.1 Å². The van der Waals surface area contributed by atoms with Gasteiger partial charge in [-0.25, -0.2) is 0 Å². The lowest BCUT2D eigenvalue weighted by atomic mass is 10.1. The summed E-state index contributed by atoms with van der Waals surface area (Å²) in [5, 5.41) is 0. The number of benzene rings is 2. The third kappa shape index (κ3) is 2.97. The number of methoxy groups -OCH3 is 1. The van der Waals surface area contributed by atoms with Crippen LogP contribution in [0.5, 0.6) is 5.75 Å². The van der Waals surface area contributed by atoms with Crippen LogP contribution in [-0.2, 0) is 0 Å². The van der Waals surface area contributed by atoms with Crippen LogP contribution < -0.4 is 15.4 Å². The molecule has 0 saturated heterocycles. The summed E-state index contributed by atoms with van der Waals surface area (Å²) in [5.74, 6) is 0.575. The molecule has 0 aliphatic rings. The number of ether oxygens (including phenoxy) is 1. The van der Waals surface area contributed by atoms with Gasteiger partial charge in [0.15, 0.2) is 0 Å². The van der Waals surface area contributed by atoms with Crippen LogP contribution >= 0.6 is 0 Å². The highest BCUT2D eigenvalue weighted by molar-refractivity contribution is 6.06. The van der Waals surface area contributed by atoms with Crippen LogP contribution in [0.25, 0.3) is 0 Å². The average molecular weight is 270 g/mol. The van der Waals surface area contributed by atoms with Crippen LogP contribution in [0, 0.1) is 0 Å². The fourth-order valence-electron chi connectivity index (χ4n) is 2.05. The van der Waals surface area contributed by atoms with E-state index in [0.29, 0.717) is 24.4 Å². The van der Waals surface area contributed by atoms with E-state index in [1.165, 1.54) is 0 Å². The molecule has 4 heteroatoms. The second-order valence-corrected chi connectivity index (χ2v) is 4.28. The van der Waals surface area contributed by atoms with Crippen molar-refractivity contribution in [3.63, 3.8) is 0 Å². The molecule has 4 nitrogen and oxygen atoms in total. The first-order chi connectivity index (χ1) is 9.77. The molecular formula is C16H18N2O2. The zero-order valence-corrected chi connectivity index (χ0v) is 11.5. The lowest BCUT2D eigenvalue weighted by Gasteiger charge is -2.24. The van der Waals surface area contributed by atoms with Crippen molar-refractivity contribution in [3.05, 3.63) is 60.2 Å². The Morgan fingerprint density at radius 2 is 1.75 bits per heavy atom. The summed E-state index contributed by atoms with van der Waals surface area (Å²) >= 11 is 0. The summed E-state index contributed by atoms with van der Waals surface area (Å²) in [4.78, 5) is 14.3. The number of anilines is 1. The molecule has 2 rings (SSSR count). The zero-order chi connectivity index (χ0) is 14.4. The van der Waals surface area contributed by atoms with Crippen LogP contribution in [0.1, 0.15) is 10.4 Å². The highest BCUT2D eigenvalue weighted by atomic mass is 16.5. The van der Waals surface area contributed by atoms with Crippen LogP contribution in [0.15, 0.2) is 54.6 Å². The van der Waals surface area contributed by atoms with E-state index < -0.39 is 0 Å². The molecule has 0 atom stereocenters. The summed E-state index contributed by atoms with van der Waals surface area (Å²) in [6, 6.07) is 16.6. The average Bonchev–Trinajstić information content (AvgIpc) is 2.53. The molecule has 2 aromatic rings. The molecule has 104 valence electrons. The molecule has 0 unspecified atom stereocenters. The van der Waals surface area contributed by atoms with E-state index in [-0.39, 0.29) is 5.91 Å². The molecule has 0 fully saturated rings. The topological polar surface area (TPSA) is 55.6 Å². The number of hydrogen-bond donors (Lipinski definition) is 1. The van der Waals surface area contributed by atoms with E-state index in [1.807, 2.05) is 42.5 Å². The van der Waals surface area contributed by atoms with Crippen molar-refractivity contribution in [1.82, 2.24) is 0 Å². The number of nitrogens with two attached hydrogens (primary N) is 1. The molecule has 2 N–H and O–H groups in total. The Balaban J connectivity index is 2.38. The van der Waals surface area contributed by atoms with Gasteiger partial charge in [-0.05, 0) is 24.3 Å². The molecule has 0 radical (unpaired) electrons. The fraction of sp³-hybridized carbons (Fsp3) is 0.188. The Morgan fingerprint density at radius 1 is 1.10 bits per heavy atom. The van der Waals surface area contributed by atoms with Crippen molar-refractivity contribution >= 4 is 11.6 Å². The predicted molar refractivity (Wildman–Crippen MR) is 80.2 cm³/mol. The van der Waals surface area contributed by atoms with Gasteiger partial charge in [0, 0.05) is 18.7 Å². The number of carbonyl (C=O) groups is 1. The van der Waals surface area contributed by atoms with E-state index in [4.69, 9.17) is 10.5 Å². The first-order valence-corrected chi connectivity index (χ1v) is 6.48. The number of nitrogens with zero attached hydrogens (tertiary/aromatic N) is 1. The van der Waals surface area contributed by atoms with Gasteiger partial charge in [0.25, 0.3) is 5.91 Å². The minimum absolute atomic E-state index is 0.0828. The Kier molecular flexibility index (Phi) is 4.74. The van der Waals surface area contributed by atoms with Crippen molar-refractivity contribution in [2.24, 2.45) is 5.73 Å². The Labute approximate surface area is 118 Å². The van der Waals surface area contributed by atoms with E-state index in [0.717, 1.165) is 5.69 Å². The summed E-state index contributed by atoms with van der Waals surface area (Å²) in [7, 11) is 1.59. The van der Waals surface area contributed by atoms with Crippen molar-refractivity contribution < 1.29 is 9.53 Å². The zero-order valence-electron chi connectivity index (χ0n) is 11.5. The third-order valence-corrected chi connectivity index (χ3v) is 2.99. The van der Waals surface area contributed by atoms with Gasteiger partial charge < -0.3 is 15.4 Å². The number of carbonyl (C=O) groups excluding carboxylic acids is 1. The monoisotopic (exact) mass is 270 g/mol. The molecule has 0 heterocycles. The van der Waals surface area contributed by atoms with E-state index in [2.05, 4.69) is 0 Å². The Hall–Kier alpha value is -2.33. The number of amides is 1. The summed E-state index contributed by atoms with van der Waals surface area (Å²) < 4.78 is 5.32. The highest BCUT2D eigenvalue weighted by Crippen LogP contribution is 2.28. The Bertz CT molecular complexity index is 570. The molecule has 1 amide bonds. The molecule has 0 aliphatic heterocycles. The quantitative estimate of drug-likeness (QED) is 0.907. The molecule has 2 aromatic carbocycles. The van der Waals surface area contributed by atoms with Gasteiger partial charge >= 0.3 is 0 Å². The van der Waals surface area contributed by atoms with Gasteiger partial charge in [-0.1, -0.05) is 30.3 Å². The maximum atomic E-state index is 12.6. The first kappa shape index (κ1) is 14.1. The molecular weight excluding hydrogens is 252 g/mol. The molecule has 0 aliphatic carbocycles. The predicted octanol–water partition coefficient (Wildman–Crippen LogP) is 2.30. The van der Waals surface area contributed by atoms with Crippen molar-refractivity contribution in [2.45, 2.75) is 0 Å². The van der Waals surface area contributed by atoms with Crippen molar-refractivity contribution in [3.8, 4) is 5.75 Å². The molecule has 0 bridgehead atoms. The van der Waals surface area contributed by atoms with Crippen LogP contribution in [0.2, 0.25) is 0 Å². The maximum Gasteiger partial charge on any atom is 0.258 e. The minimum Gasteiger partial charge on any atom is -0.495 e. The van der Waals surface area contributed by atoms with Gasteiger partial charge in [-0.2, -0.15) is 0 Å². The largest absolute Gasteiger partial charge is 0.495 e. The van der Waals surface area contributed by atoms with Crippen LogP contribution in [0.3, 0.4) is 0 Å². The number of para-hydroxylation sites is 2. The number of hydrogen-bond acceptors (Lipinski definition) is 3. The molecule has 0 aromatic heterocycles. The van der Waals surface area contributed by atoms with Crippen molar-refractivity contribution in [2.75, 3.05) is 25.1 Å². The Morgan fingerprint density at radius 3 is 2.40 bits per heavy atom. The van der Waals surface area contributed by atoms with Gasteiger partial charge in [-0.3, -0.25) is 4.79 Å². The number of rotatable bonds is 5. The first-order valence-electron chi connectivity index (χ1n) is 6.48.